The number of thiazole rings is 1. The van der Waals surface area contributed by atoms with Crippen LogP contribution in [0.2, 0.25) is 0 Å². The second kappa shape index (κ2) is 10.3. The van der Waals surface area contributed by atoms with E-state index < -0.39 is 12.1 Å². The van der Waals surface area contributed by atoms with Gasteiger partial charge in [-0.3, -0.25) is 0 Å². The molecule has 1 fully saturated rings. The highest BCUT2D eigenvalue weighted by molar-refractivity contribution is 7.14. The Hall–Kier alpha value is -3.39. The number of amides is 4. The van der Waals surface area contributed by atoms with Crippen molar-refractivity contribution in [3.8, 4) is 11.3 Å². The van der Waals surface area contributed by atoms with Gasteiger partial charge < -0.3 is 10.6 Å². The number of hydrogen-bond acceptors (Lipinski definition) is 4. The zero-order valence-electron chi connectivity index (χ0n) is 18.0. The maximum Gasteiger partial charge on any atom is 0.347 e. The summed E-state index contributed by atoms with van der Waals surface area (Å²) in [6.45, 7) is 1.98. The molecule has 0 spiro atoms. The zero-order chi connectivity index (χ0) is 22.3. The highest BCUT2D eigenvalue weighted by Gasteiger charge is 2.24. The summed E-state index contributed by atoms with van der Waals surface area (Å²) in [6, 6.07) is 16.4. The highest BCUT2D eigenvalue weighted by Crippen LogP contribution is 2.27. The van der Waals surface area contributed by atoms with Gasteiger partial charge in [0, 0.05) is 22.7 Å². The molecule has 4 rings (SSSR count). The van der Waals surface area contributed by atoms with Gasteiger partial charge in [-0.05, 0) is 31.9 Å². The summed E-state index contributed by atoms with van der Waals surface area (Å²) in [5, 5.41) is 9.26. The van der Waals surface area contributed by atoms with Crippen LogP contribution in [0, 0.1) is 6.92 Å². The van der Waals surface area contributed by atoms with E-state index in [4.69, 9.17) is 0 Å². The van der Waals surface area contributed by atoms with E-state index in [9.17, 15) is 9.59 Å². The second-order valence-corrected chi connectivity index (χ2v) is 8.77. The first-order valence-corrected chi connectivity index (χ1v) is 11.7. The summed E-state index contributed by atoms with van der Waals surface area (Å²) < 4.78 is 0. The Morgan fingerprint density at radius 3 is 2.44 bits per heavy atom. The number of nitrogens with one attached hydrogen (secondary N) is 3. The summed E-state index contributed by atoms with van der Waals surface area (Å²) >= 11 is 1.29. The quantitative estimate of drug-likeness (QED) is 0.446. The maximum absolute atomic E-state index is 13.1. The van der Waals surface area contributed by atoms with Crippen LogP contribution in [0.3, 0.4) is 0 Å². The molecular formula is C24H27N5O2S. The molecule has 8 heteroatoms. The monoisotopic (exact) mass is 449 g/mol. The van der Waals surface area contributed by atoms with Crippen LogP contribution in [-0.4, -0.2) is 23.1 Å². The van der Waals surface area contributed by atoms with E-state index in [2.05, 4.69) is 21.0 Å². The molecule has 3 N–H and O–H groups in total. The number of carbonyl (C=O) groups excluding carboxylic acids is 2. The van der Waals surface area contributed by atoms with E-state index in [0.29, 0.717) is 10.8 Å². The Bertz CT molecular complexity index is 1050. The largest absolute Gasteiger partial charge is 0.347 e. The lowest BCUT2D eigenvalue weighted by atomic mass is 9.96. The fourth-order valence-corrected chi connectivity index (χ4v) is 4.47. The summed E-state index contributed by atoms with van der Waals surface area (Å²) in [7, 11) is 0. The van der Waals surface area contributed by atoms with Crippen LogP contribution in [-0.2, 0) is 0 Å². The zero-order valence-corrected chi connectivity index (χ0v) is 18.8. The summed E-state index contributed by atoms with van der Waals surface area (Å²) in [5.41, 5.74) is 6.12. The molecule has 0 bridgehead atoms. The van der Waals surface area contributed by atoms with Crippen LogP contribution in [0.15, 0.2) is 60.0 Å². The summed E-state index contributed by atoms with van der Waals surface area (Å²) in [4.78, 5) is 30.4. The number of nitrogens with zero attached hydrogens (tertiary/aromatic N) is 2. The lowest BCUT2D eigenvalue weighted by molar-refractivity contribution is 0.228. The minimum atomic E-state index is -0.485. The predicted molar refractivity (Wildman–Crippen MR) is 129 cm³/mol. The normalized spacial score (nSPS) is 13.9. The van der Waals surface area contributed by atoms with Gasteiger partial charge in [-0.25, -0.2) is 20.0 Å². The molecule has 1 aliphatic rings. The van der Waals surface area contributed by atoms with Crippen LogP contribution in [0.5, 0.6) is 0 Å². The molecule has 1 heterocycles. The van der Waals surface area contributed by atoms with Gasteiger partial charge in [-0.2, -0.15) is 5.01 Å². The predicted octanol–water partition coefficient (Wildman–Crippen LogP) is 5.70. The third-order valence-corrected chi connectivity index (χ3v) is 6.24. The molecule has 0 saturated heterocycles. The first-order chi connectivity index (χ1) is 15.6. The molecule has 1 saturated carbocycles. The maximum atomic E-state index is 13.1. The molecule has 1 aliphatic carbocycles. The molecule has 0 aliphatic heterocycles. The van der Waals surface area contributed by atoms with Crippen molar-refractivity contribution in [1.82, 2.24) is 15.7 Å². The number of benzene rings is 2. The smallest absolute Gasteiger partial charge is 0.334 e. The molecule has 2 aromatic carbocycles. The van der Waals surface area contributed by atoms with Crippen LogP contribution >= 0.6 is 11.3 Å². The molecular weight excluding hydrogens is 422 g/mol. The Morgan fingerprint density at radius 1 is 1.00 bits per heavy atom. The van der Waals surface area contributed by atoms with E-state index in [1.54, 1.807) is 0 Å². The molecule has 166 valence electrons. The number of hydrazine groups is 1. The number of rotatable bonds is 4. The third kappa shape index (κ3) is 5.64. The third-order valence-electron chi connectivity index (χ3n) is 5.41. The summed E-state index contributed by atoms with van der Waals surface area (Å²) in [6.07, 6.45) is 5.33. The van der Waals surface area contributed by atoms with Crippen molar-refractivity contribution in [2.45, 2.75) is 45.1 Å². The van der Waals surface area contributed by atoms with Gasteiger partial charge in [0.05, 0.1) is 5.69 Å². The Kier molecular flexibility index (Phi) is 7.01. The molecule has 7 nitrogen and oxygen atoms in total. The molecule has 0 atom stereocenters. The summed E-state index contributed by atoms with van der Waals surface area (Å²) in [5.74, 6) is 0. The molecule has 4 amide bonds. The fraction of sp³-hybridized carbons (Fsp3) is 0.292. The average molecular weight is 450 g/mol. The fourth-order valence-electron chi connectivity index (χ4n) is 3.68. The van der Waals surface area contributed by atoms with E-state index in [-0.39, 0.29) is 6.04 Å². The molecule has 32 heavy (non-hydrogen) atoms. The topological polar surface area (TPSA) is 86.4 Å². The van der Waals surface area contributed by atoms with Gasteiger partial charge >= 0.3 is 12.1 Å². The van der Waals surface area contributed by atoms with Crippen molar-refractivity contribution in [3.63, 3.8) is 0 Å². The Morgan fingerprint density at radius 2 is 1.72 bits per heavy atom. The molecule has 1 aromatic heterocycles. The first-order valence-electron chi connectivity index (χ1n) is 10.8. The molecule has 0 radical (unpaired) electrons. The number of hydrogen-bond donors (Lipinski definition) is 3. The van der Waals surface area contributed by atoms with Crippen molar-refractivity contribution in [2.75, 3.05) is 10.3 Å². The van der Waals surface area contributed by atoms with Crippen molar-refractivity contribution in [3.05, 3.63) is 65.5 Å². The highest BCUT2D eigenvalue weighted by atomic mass is 32.1. The SMILES string of the molecule is Cc1ccc(NC(=O)N(NC(=O)NC2CCCCC2)c2nc(-c3ccccc3)cs2)cc1. The van der Waals surface area contributed by atoms with E-state index in [1.807, 2.05) is 66.9 Å². The van der Waals surface area contributed by atoms with Crippen molar-refractivity contribution >= 4 is 34.2 Å². The number of carbonyl (C=O) groups is 2. The Balaban J connectivity index is 1.53. The standard InChI is InChI=1S/C24H27N5O2S/c1-17-12-14-20(15-13-17)26-23(31)29(28-22(30)25-19-10-6-3-7-11-19)24-27-21(16-32-24)18-8-4-2-5-9-18/h2,4-5,8-9,12-16,19H,3,6-7,10-11H2,1H3,(H,26,31)(H2,25,28,30). The number of aryl methyl sites for hydroxylation is 1. The first kappa shape index (κ1) is 21.8. The van der Waals surface area contributed by atoms with E-state index >= 15 is 0 Å². The molecule has 3 aromatic rings. The number of anilines is 2. The minimum absolute atomic E-state index is 0.127. The lowest BCUT2D eigenvalue weighted by Crippen LogP contribution is -2.54. The molecule has 0 unspecified atom stereocenters. The van der Waals surface area contributed by atoms with Gasteiger partial charge in [-0.15, -0.1) is 11.3 Å². The van der Waals surface area contributed by atoms with Crippen molar-refractivity contribution in [2.24, 2.45) is 0 Å². The van der Waals surface area contributed by atoms with Crippen LogP contribution in [0.1, 0.15) is 37.7 Å². The Labute approximate surface area is 191 Å². The van der Waals surface area contributed by atoms with Gasteiger partial charge in [0.25, 0.3) is 0 Å². The van der Waals surface area contributed by atoms with Gasteiger partial charge in [-0.1, -0.05) is 67.3 Å². The van der Waals surface area contributed by atoms with Crippen LogP contribution < -0.4 is 21.1 Å². The van der Waals surface area contributed by atoms with Crippen LogP contribution in [0.25, 0.3) is 11.3 Å². The minimum Gasteiger partial charge on any atom is -0.334 e. The van der Waals surface area contributed by atoms with E-state index in [0.717, 1.165) is 42.5 Å². The van der Waals surface area contributed by atoms with Gasteiger partial charge in [0.15, 0.2) is 0 Å². The number of aromatic nitrogens is 1. The average Bonchev–Trinajstić information content (AvgIpc) is 3.30. The van der Waals surface area contributed by atoms with Gasteiger partial charge in [0.2, 0.25) is 5.13 Å². The van der Waals surface area contributed by atoms with Crippen molar-refractivity contribution in [1.29, 1.82) is 0 Å². The lowest BCUT2D eigenvalue weighted by Gasteiger charge is -2.26. The van der Waals surface area contributed by atoms with E-state index in [1.165, 1.54) is 22.8 Å². The van der Waals surface area contributed by atoms with Crippen molar-refractivity contribution < 1.29 is 9.59 Å². The van der Waals surface area contributed by atoms with Gasteiger partial charge in [0.1, 0.15) is 0 Å². The van der Waals surface area contributed by atoms with Crippen LogP contribution in [0.4, 0.5) is 20.4 Å². The number of urea groups is 2. The second-order valence-electron chi connectivity index (χ2n) is 7.93.